The molecule has 4 heteroatoms. The summed E-state index contributed by atoms with van der Waals surface area (Å²) in [5.74, 6) is 2.34. The first kappa shape index (κ1) is 16.0. The Labute approximate surface area is 105 Å². The summed E-state index contributed by atoms with van der Waals surface area (Å²) in [6.45, 7) is 8.23. The normalized spacial score (nSPS) is 14.1. The van der Waals surface area contributed by atoms with Gasteiger partial charge in [-0.1, -0.05) is 12.8 Å². The molecular formula is C13H25N3O. The van der Waals surface area contributed by atoms with E-state index in [1.807, 2.05) is 6.92 Å². The van der Waals surface area contributed by atoms with Crippen molar-refractivity contribution in [3.05, 3.63) is 0 Å². The van der Waals surface area contributed by atoms with Gasteiger partial charge in [-0.05, 0) is 27.3 Å². The van der Waals surface area contributed by atoms with Crippen LogP contribution in [-0.2, 0) is 4.79 Å². The fraction of sp³-hybridized carbons (Fsp3) is 0.769. The van der Waals surface area contributed by atoms with Gasteiger partial charge < -0.3 is 15.5 Å². The maximum absolute atomic E-state index is 11.5. The highest BCUT2D eigenvalue weighted by Gasteiger charge is 2.11. The monoisotopic (exact) mass is 239 g/mol. The number of hydrogen-bond donors (Lipinski definition) is 2. The molecule has 2 unspecified atom stereocenters. The van der Waals surface area contributed by atoms with E-state index in [4.69, 9.17) is 6.42 Å². The molecule has 0 heterocycles. The molecule has 0 aliphatic rings. The average Bonchev–Trinajstić information content (AvgIpc) is 2.34. The zero-order valence-electron chi connectivity index (χ0n) is 11.4. The third-order valence-corrected chi connectivity index (χ3v) is 3.02. The lowest BCUT2D eigenvalue weighted by Crippen LogP contribution is -2.45. The second-order valence-electron chi connectivity index (χ2n) is 4.34. The minimum Gasteiger partial charge on any atom is -0.344 e. The third kappa shape index (κ3) is 6.98. The molecule has 0 saturated heterocycles. The Balaban J connectivity index is 3.74. The summed E-state index contributed by atoms with van der Waals surface area (Å²) in [4.78, 5) is 13.8. The van der Waals surface area contributed by atoms with E-state index < -0.39 is 0 Å². The van der Waals surface area contributed by atoms with Crippen molar-refractivity contribution in [2.24, 2.45) is 0 Å². The Bertz CT molecular complexity index is 260. The highest BCUT2D eigenvalue weighted by molar-refractivity contribution is 5.81. The second-order valence-corrected chi connectivity index (χ2v) is 4.34. The van der Waals surface area contributed by atoms with E-state index >= 15 is 0 Å². The minimum absolute atomic E-state index is 0.0471. The largest absolute Gasteiger partial charge is 0.344 e. The molecule has 0 aliphatic carbocycles. The van der Waals surface area contributed by atoms with Gasteiger partial charge in [0.25, 0.3) is 0 Å². The molecule has 2 N–H and O–H groups in total. The van der Waals surface area contributed by atoms with E-state index in [0.717, 1.165) is 19.5 Å². The number of likely N-dealkylation sites (N-methyl/N-ethyl adjacent to an activating group) is 1. The molecule has 2 atom stereocenters. The molecule has 0 spiro atoms. The van der Waals surface area contributed by atoms with Crippen LogP contribution in [0.3, 0.4) is 0 Å². The van der Waals surface area contributed by atoms with Gasteiger partial charge in [0.15, 0.2) is 0 Å². The molecule has 4 nitrogen and oxygen atoms in total. The van der Waals surface area contributed by atoms with Crippen LogP contribution in [0, 0.1) is 12.3 Å². The van der Waals surface area contributed by atoms with Gasteiger partial charge in [-0.25, -0.2) is 0 Å². The first-order chi connectivity index (χ1) is 8.02. The highest BCUT2D eigenvalue weighted by atomic mass is 16.2. The number of rotatable bonds is 8. The van der Waals surface area contributed by atoms with E-state index in [0.29, 0.717) is 6.04 Å². The lowest BCUT2D eigenvalue weighted by molar-refractivity contribution is -0.122. The van der Waals surface area contributed by atoms with Crippen LogP contribution in [0.2, 0.25) is 0 Å². The SMILES string of the molecule is C#CCNC(=O)C(C)NCCN(C)C(C)CC. The van der Waals surface area contributed by atoms with Crippen molar-refractivity contribution in [3.8, 4) is 12.3 Å². The Kier molecular flexibility index (Phi) is 8.47. The maximum Gasteiger partial charge on any atom is 0.237 e. The zero-order valence-corrected chi connectivity index (χ0v) is 11.4. The van der Waals surface area contributed by atoms with E-state index in [-0.39, 0.29) is 18.5 Å². The standard InChI is InChI=1S/C13H25N3O/c1-6-8-15-13(17)12(4)14-9-10-16(5)11(3)7-2/h1,11-12,14H,7-10H2,2-5H3,(H,15,17). The zero-order chi connectivity index (χ0) is 13.3. The van der Waals surface area contributed by atoms with Crippen LogP contribution >= 0.6 is 0 Å². The molecule has 0 aromatic rings. The molecule has 1 amide bonds. The topological polar surface area (TPSA) is 44.4 Å². The Morgan fingerprint density at radius 2 is 2.12 bits per heavy atom. The van der Waals surface area contributed by atoms with Gasteiger partial charge in [0.1, 0.15) is 0 Å². The summed E-state index contributed by atoms with van der Waals surface area (Å²) in [7, 11) is 2.10. The van der Waals surface area contributed by atoms with Crippen LogP contribution in [0.4, 0.5) is 0 Å². The first-order valence-corrected chi connectivity index (χ1v) is 6.17. The number of terminal acetylenes is 1. The van der Waals surface area contributed by atoms with Crippen molar-refractivity contribution in [1.29, 1.82) is 0 Å². The second kappa shape index (κ2) is 9.03. The van der Waals surface area contributed by atoms with Crippen molar-refractivity contribution >= 4 is 5.91 Å². The molecule has 0 aromatic carbocycles. The van der Waals surface area contributed by atoms with Crippen molar-refractivity contribution in [2.45, 2.75) is 39.3 Å². The van der Waals surface area contributed by atoms with E-state index in [1.54, 1.807) is 0 Å². The Morgan fingerprint density at radius 1 is 1.47 bits per heavy atom. The Hall–Kier alpha value is -1.05. The van der Waals surface area contributed by atoms with Crippen molar-refractivity contribution in [3.63, 3.8) is 0 Å². The third-order valence-electron chi connectivity index (χ3n) is 3.02. The van der Waals surface area contributed by atoms with Gasteiger partial charge >= 0.3 is 0 Å². The number of nitrogens with zero attached hydrogens (tertiary/aromatic N) is 1. The molecule has 17 heavy (non-hydrogen) atoms. The lowest BCUT2D eigenvalue weighted by Gasteiger charge is -2.24. The van der Waals surface area contributed by atoms with Gasteiger partial charge in [-0.3, -0.25) is 4.79 Å². The van der Waals surface area contributed by atoms with Crippen LogP contribution in [0.1, 0.15) is 27.2 Å². The summed E-state index contributed by atoms with van der Waals surface area (Å²) in [5, 5.41) is 5.83. The van der Waals surface area contributed by atoms with Crippen molar-refractivity contribution < 1.29 is 4.79 Å². The Morgan fingerprint density at radius 3 is 2.65 bits per heavy atom. The molecule has 0 radical (unpaired) electrons. The van der Waals surface area contributed by atoms with Crippen LogP contribution in [-0.4, -0.2) is 49.6 Å². The van der Waals surface area contributed by atoms with Gasteiger partial charge in [0.05, 0.1) is 12.6 Å². The van der Waals surface area contributed by atoms with Gasteiger partial charge in [-0.2, -0.15) is 0 Å². The molecule has 0 rings (SSSR count). The number of carbonyl (C=O) groups excluding carboxylic acids is 1. The van der Waals surface area contributed by atoms with E-state index in [1.165, 1.54) is 0 Å². The van der Waals surface area contributed by atoms with E-state index in [9.17, 15) is 4.79 Å². The number of amides is 1. The average molecular weight is 239 g/mol. The fourth-order valence-electron chi connectivity index (χ4n) is 1.37. The number of carbonyl (C=O) groups is 1. The molecule has 0 saturated carbocycles. The van der Waals surface area contributed by atoms with E-state index in [2.05, 4.69) is 42.3 Å². The minimum atomic E-state index is -0.200. The van der Waals surface area contributed by atoms with Gasteiger partial charge in [0, 0.05) is 19.1 Å². The highest BCUT2D eigenvalue weighted by Crippen LogP contribution is 1.98. The predicted molar refractivity (Wildman–Crippen MR) is 71.7 cm³/mol. The maximum atomic E-state index is 11.5. The van der Waals surface area contributed by atoms with Crippen molar-refractivity contribution in [1.82, 2.24) is 15.5 Å². The molecule has 0 aliphatic heterocycles. The predicted octanol–water partition coefficient (Wildman–Crippen LogP) is 0.444. The molecule has 0 fully saturated rings. The van der Waals surface area contributed by atoms with Crippen LogP contribution < -0.4 is 10.6 Å². The molecule has 0 bridgehead atoms. The number of nitrogens with one attached hydrogen (secondary N) is 2. The summed E-state index contributed by atoms with van der Waals surface area (Å²) in [5.41, 5.74) is 0. The molecule has 98 valence electrons. The summed E-state index contributed by atoms with van der Waals surface area (Å²) in [6, 6.07) is 0.371. The summed E-state index contributed by atoms with van der Waals surface area (Å²) < 4.78 is 0. The van der Waals surface area contributed by atoms with Crippen molar-refractivity contribution in [2.75, 3.05) is 26.7 Å². The van der Waals surface area contributed by atoms with Crippen LogP contribution in [0.5, 0.6) is 0 Å². The molecular weight excluding hydrogens is 214 g/mol. The summed E-state index contributed by atoms with van der Waals surface area (Å²) >= 11 is 0. The fourth-order valence-corrected chi connectivity index (χ4v) is 1.37. The number of hydrogen-bond acceptors (Lipinski definition) is 3. The van der Waals surface area contributed by atoms with Gasteiger partial charge in [-0.15, -0.1) is 6.42 Å². The first-order valence-electron chi connectivity index (χ1n) is 6.17. The van der Waals surface area contributed by atoms with Crippen LogP contribution in [0.25, 0.3) is 0 Å². The lowest BCUT2D eigenvalue weighted by atomic mass is 10.2. The van der Waals surface area contributed by atoms with Crippen LogP contribution in [0.15, 0.2) is 0 Å². The molecule has 0 aromatic heterocycles. The van der Waals surface area contributed by atoms with Gasteiger partial charge in [0.2, 0.25) is 5.91 Å². The quantitative estimate of drug-likeness (QED) is 0.604. The smallest absolute Gasteiger partial charge is 0.237 e. The summed E-state index contributed by atoms with van der Waals surface area (Å²) in [6.07, 6.45) is 6.21.